The third-order valence-electron chi connectivity index (χ3n) is 4.21. The van der Waals surface area contributed by atoms with Crippen LogP contribution in [0, 0.1) is 0 Å². The van der Waals surface area contributed by atoms with Gasteiger partial charge in [-0.15, -0.1) is 0 Å². The van der Waals surface area contributed by atoms with E-state index in [1.54, 1.807) is 11.7 Å². The highest BCUT2D eigenvalue weighted by atomic mass is 16.6. The Morgan fingerprint density at radius 3 is 2.83 bits per heavy atom. The Kier molecular flexibility index (Phi) is 4.89. The van der Waals surface area contributed by atoms with Crippen LogP contribution in [0.4, 0.5) is 5.82 Å². The smallest absolute Gasteiger partial charge is 0.260 e. The first kappa shape index (κ1) is 18.2. The number of hydrazone groups is 1. The van der Waals surface area contributed by atoms with E-state index in [2.05, 4.69) is 30.5 Å². The Bertz CT molecular complexity index is 1200. The molecule has 10 nitrogen and oxygen atoms in total. The van der Waals surface area contributed by atoms with Gasteiger partial charge in [0.15, 0.2) is 17.3 Å². The van der Waals surface area contributed by atoms with E-state index in [1.165, 1.54) is 6.21 Å². The Hall–Kier alpha value is -4.21. The molecule has 3 N–H and O–H groups in total. The molecule has 0 atom stereocenters. The number of anilines is 1. The number of para-hydroxylation sites is 3. The zero-order valence-electron chi connectivity index (χ0n) is 15.4. The van der Waals surface area contributed by atoms with Crippen LogP contribution < -0.4 is 15.9 Å². The zero-order valence-corrected chi connectivity index (χ0v) is 15.4. The van der Waals surface area contributed by atoms with Gasteiger partial charge in [0.1, 0.15) is 12.3 Å². The molecular formula is C19H17N7O3. The summed E-state index contributed by atoms with van der Waals surface area (Å²) in [5, 5.41) is 11.4. The van der Waals surface area contributed by atoms with Crippen molar-refractivity contribution in [1.82, 2.24) is 25.3 Å². The molecule has 0 aliphatic carbocycles. The zero-order chi connectivity index (χ0) is 20.2. The number of imidazole rings is 1. The van der Waals surface area contributed by atoms with Crippen LogP contribution in [0.25, 0.3) is 22.6 Å². The SMILES string of the molecule is COc1ccccc1C=NNC(=O)Cn1c(-c2nonc2N)nc2ccccc21. The molecule has 29 heavy (non-hydrogen) atoms. The predicted molar refractivity (Wildman–Crippen MR) is 106 cm³/mol. The van der Waals surface area contributed by atoms with E-state index in [4.69, 9.17) is 10.5 Å². The fourth-order valence-corrected chi connectivity index (χ4v) is 2.89. The summed E-state index contributed by atoms with van der Waals surface area (Å²) in [6.07, 6.45) is 1.52. The van der Waals surface area contributed by atoms with E-state index < -0.39 is 0 Å². The predicted octanol–water partition coefficient (Wildman–Crippen LogP) is 1.83. The fourth-order valence-electron chi connectivity index (χ4n) is 2.89. The maximum Gasteiger partial charge on any atom is 0.260 e. The van der Waals surface area contributed by atoms with Gasteiger partial charge < -0.3 is 15.0 Å². The minimum Gasteiger partial charge on any atom is -0.496 e. The number of carbonyl (C=O) groups is 1. The highest BCUT2D eigenvalue weighted by molar-refractivity contribution is 5.87. The van der Waals surface area contributed by atoms with E-state index in [1.807, 2.05) is 48.5 Å². The van der Waals surface area contributed by atoms with E-state index in [0.29, 0.717) is 17.1 Å². The van der Waals surface area contributed by atoms with Crippen molar-refractivity contribution in [1.29, 1.82) is 0 Å². The van der Waals surface area contributed by atoms with Crippen molar-refractivity contribution >= 4 is 29.0 Å². The number of hydrogen-bond donors (Lipinski definition) is 2. The summed E-state index contributed by atoms with van der Waals surface area (Å²) in [7, 11) is 1.57. The summed E-state index contributed by atoms with van der Waals surface area (Å²) < 4.78 is 11.6. The number of rotatable bonds is 6. The van der Waals surface area contributed by atoms with E-state index in [0.717, 1.165) is 11.1 Å². The molecule has 0 saturated carbocycles. The molecule has 10 heteroatoms. The number of nitrogens with zero attached hydrogens (tertiary/aromatic N) is 5. The summed E-state index contributed by atoms with van der Waals surface area (Å²) in [6.45, 7) is -0.0502. The maximum absolute atomic E-state index is 12.5. The number of hydrogen-bond acceptors (Lipinski definition) is 8. The number of fused-ring (bicyclic) bond motifs is 1. The van der Waals surface area contributed by atoms with Crippen molar-refractivity contribution in [2.24, 2.45) is 5.10 Å². The lowest BCUT2D eigenvalue weighted by molar-refractivity contribution is -0.121. The van der Waals surface area contributed by atoms with Gasteiger partial charge >= 0.3 is 0 Å². The van der Waals surface area contributed by atoms with Crippen LogP contribution in [0.2, 0.25) is 0 Å². The van der Waals surface area contributed by atoms with Gasteiger partial charge in [-0.25, -0.2) is 15.0 Å². The molecule has 0 unspecified atom stereocenters. The third-order valence-corrected chi connectivity index (χ3v) is 4.21. The lowest BCUT2D eigenvalue weighted by atomic mass is 10.2. The first-order valence-corrected chi connectivity index (χ1v) is 8.66. The number of nitrogens with one attached hydrogen (secondary N) is 1. The molecule has 146 valence electrons. The topological polar surface area (TPSA) is 133 Å². The number of carbonyl (C=O) groups excluding carboxylic acids is 1. The van der Waals surface area contributed by atoms with Crippen LogP contribution in [-0.2, 0) is 11.3 Å². The van der Waals surface area contributed by atoms with Crippen molar-refractivity contribution in [3.63, 3.8) is 0 Å². The molecule has 0 aliphatic rings. The second kappa shape index (κ2) is 7.80. The van der Waals surface area contributed by atoms with Crippen LogP contribution >= 0.6 is 0 Å². The van der Waals surface area contributed by atoms with E-state index in [9.17, 15) is 4.79 Å². The van der Waals surface area contributed by atoms with Gasteiger partial charge in [0.25, 0.3) is 5.91 Å². The Labute approximate surface area is 164 Å². The van der Waals surface area contributed by atoms with Crippen molar-refractivity contribution in [2.75, 3.05) is 12.8 Å². The molecule has 0 bridgehead atoms. The molecule has 4 rings (SSSR count). The lowest BCUT2D eigenvalue weighted by Crippen LogP contribution is -2.23. The normalized spacial score (nSPS) is 11.2. The summed E-state index contributed by atoms with van der Waals surface area (Å²) in [6, 6.07) is 14.7. The Balaban J connectivity index is 1.58. The second-order valence-electron chi connectivity index (χ2n) is 6.04. The van der Waals surface area contributed by atoms with Crippen LogP contribution in [-0.4, -0.2) is 39.1 Å². The molecule has 1 amide bonds. The fraction of sp³-hybridized carbons (Fsp3) is 0.105. The molecule has 4 aromatic rings. The molecule has 2 aromatic carbocycles. The van der Waals surface area contributed by atoms with Crippen LogP contribution in [0.3, 0.4) is 0 Å². The minimum atomic E-state index is -0.351. The van der Waals surface area contributed by atoms with E-state index >= 15 is 0 Å². The molecule has 0 aliphatic heterocycles. The number of nitrogen functional groups attached to an aromatic ring is 1. The highest BCUT2D eigenvalue weighted by Crippen LogP contribution is 2.26. The van der Waals surface area contributed by atoms with Crippen LogP contribution in [0.5, 0.6) is 5.75 Å². The first-order chi connectivity index (χ1) is 14.2. The van der Waals surface area contributed by atoms with Crippen molar-refractivity contribution in [2.45, 2.75) is 6.54 Å². The monoisotopic (exact) mass is 391 g/mol. The van der Waals surface area contributed by atoms with Crippen molar-refractivity contribution < 1.29 is 14.2 Å². The Morgan fingerprint density at radius 1 is 1.24 bits per heavy atom. The van der Waals surface area contributed by atoms with Gasteiger partial charge in [0, 0.05) is 5.56 Å². The number of nitrogens with two attached hydrogens (primary N) is 1. The maximum atomic E-state index is 12.5. The molecule has 2 aromatic heterocycles. The quantitative estimate of drug-likeness (QED) is 0.378. The average molecular weight is 391 g/mol. The first-order valence-electron chi connectivity index (χ1n) is 8.66. The molecule has 0 saturated heterocycles. The van der Waals surface area contributed by atoms with Gasteiger partial charge in [-0.1, -0.05) is 24.3 Å². The number of ether oxygens (including phenoxy) is 1. The van der Waals surface area contributed by atoms with Crippen molar-refractivity contribution in [3.8, 4) is 17.3 Å². The van der Waals surface area contributed by atoms with Gasteiger partial charge in [0.2, 0.25) is 0 Å². The molecule has 0 radical (unpaired) electrons. The van der Waals surface area contributed by atoms with Gasteiger partial charge in [-0.2, -0.15) is 5.10 Å². The lowest BCUT2D eigenvalue weighted by Gasteiger charge is -2.07. The largest absolute Gasteiger partial charge is 0.496 e. The number of benzene rings is 2. The van der Waals surface area contributed by atoms with Crippen LogP contribution in [0.15, 0.2) is 58.3 Å². The number of methoxy groups -OCH3 is 1. The van der Waals surface area contributed by atoms with Gasteiger partial charge in [-0.05, 0) is 34.6 Å². The average Bonchev–Trinajstić information content (AvgIpc) is 3.32. The minimum absolute atomic E-state index is 0.0502. The van der Waals surface area contributed by atoms with E-state index in [-0.39, 0.29) is 24.0 Å². The molecule has 2 heterocycles. The van der Waals surface area contributed by atoms with Crippen LogP contribution in [0.1, 0.15) is 5.56 Å². The summed E-state index contributed by atoms with van der Waals surface area (Å²) in [5.41, 5.74) is 10.8. The molecule has 0 spiro atoms. The number of aromatic nitrogens is 4. The highest BCUT2D eigenvalue weighted by Gasteiger charge is 2.20. The van der Waals surface area contributed by atoms with Gasteiger partial charge in [0.05, 0.1) is 24.4 Å². The molecular weight excluding hydrogens is 374 g/mol. The summed E-state index contributed by atoms with van der Waals surface area (Å²) in [4.78, 5) is 17.0. The summed E-state index contributed by atoms with van der Waals surface area (Å²) in [5.74, 6) is 0.780. The van der Waals surface area contributed by atoms with Crippen molar-refractivity contribution in [3.05, 3.63) is 54.1 Å². The van der Waals surface area contributed by atoms with Gasteiger partial charge in [-0.3, -0.25) is 4.79 Å². The number of amides is 1. The summed E-state index contributed by atoms with van der Waals surface area (Å²) >= 11 is 0. The Morgan fingerprint density at radius 2 is 2.03 bits per heavy atom. The standard InChI is InChI=1S/C19H17N7O3/c1-28-15-9-5-2-6-12(15)10-21-23-16(27)11-26-14-8-4-3-7-13(14)22-19(26)17-18(20)25-29-24-17/h2-10H,11H2,1H3,(H2,20,25)(H,23,27). The second-order valence-corrected chi connectivity index (χ2v) is 6.04. The molecule has 0 fully saturated rings. The third kappa shape index (κ3) is 3.63.